The van der Waals surface area contributed by atoms with Gasteiger partial charge >= 0.3 is 0 Å². The summed E-state index contributed by atoms with van der Waals surface area (Å²) >= 11 is 0. The fraction of sp³-hybridized carbons (Fsp3) is 0.368. The molecule has 1 aliphatic heterocycles. The lowest BCUT2D eigenvalue weighted by molar-refractivity contribution is 0.255. The first-order chi connectivity index (χ1) is 10.8. The van der Waals surface area contributed by atoms with Crippen molar-refractivity contribution < 1.29 is 9.47 Å². The van der Waals surface area contributed by atoms with E-state index in [0.29, 0.717) is 0 Å². The zero-order chi connectivity index (χ0) is 15.4. The third-order valence-corrected chi connectivity index (χ3v) is 4.36. The largest absolute Gasteiger partial charge is 0.493 e. The van der Waals surface area contributed by atoms with Crippen molar-refractivity contribution in [2.75, 3.05) is 27.3 Å². The van der Waals surface area contributed by atoms with Crippen LogP contribution in [0, 0.1) is 0 Å². The molecule has 0 fully saturated rings. The van der Waals surface area contributed by atoms with Crippen LogP contribution >= 0.6 is 0 Å². The van der Waals surface area contributed by atoms with Crippen LogP contribution in [0.3, 0.4) is 0 Å². The van der Waals surface area contributed by atoms with Gasteiger partial charge in [-0.15, -0.1) is 0 Å². The number of fused-ring (bicyclic) bond motifs is 1. The van der Waals surface area contributed by atoms with Crippen molar-refractivity contribution in [1.29, 1.82) is 0 Å². The van der Waals surface area contributed by atoms with Crippen molar-refractivity contribution in [3.63, 3.8) is 0 Å². The van der Waals surface area contributed by atoms with E-state index < -0.39 is 0 Å². The highest BCUT2D eigenvalue weighted by atomic mass is 16.5. The maximum absolute atomic E-state index is 5.42. The highest BCUT2D eigenvalue weighted by molar-refractivity contribution is 5.48. The number of hydrogen-bond acceptors (Lipinski definition) is 3. The number of hydrogen-bond donors (Lipinski definition) is 0. The van der Waals surface area contributed by atoms with Crippen molar-refractivity contribution in [3.8, 4) is 11.5 Å². The predicted molar refractivity (Wildman–Crippen MR) is 88.7 cm³/mol. The first kappa shape index (κ1) is 14.9. The van der Waals surface area contributed by atoms with Crippen molar-refractivity contribution >= 4 is 0 Å². The fourth-order valence-electron chi connectivity index (χ4n) is 3.06. The molecular formula is C19H23NO2. The van der Waals surface area contributed by atoms with Crippen molar-refractivity contribution in [3.05, 3.63) is 59.2 Å². The van der Waals surface area contributed by atoms with Crippen molar-refractivity contribution in [1.82, 2.24) is 4.90 Å². The Labute approximate surface area is 132 Å². The highest BCUT2D eigenvalue weighted by Gasteiger charge is 2.19. The number of nitrogens with zero attached hydrogens (tertiary/aromatic N) is 1. The average molecular weight is 297 g/mol. The number of methoxy groups -OCH3 is 2. The third kappa shape index (κ3) is 3.25. The van der Waals surface area contributed by atoms with Crippen LogP contribution in [0.5, 0.6) is 11.5 Å². The van der Waals surface area contributed by atoms with E-state index in [1.54, 1.807) is 14.2 Å². The van der Waals surface area contributed by atoms with Crippen molar-refractivity contribution in [2.24, 2.45) is 0 Å². The van der Waals surface area contributed by atoms with E-state index in [0.717, 1.165) is 44.0 Å². The van der Waals surface area contributed by atoms with Gasteiger partial charge in [-0.3, -0.25) is 4.90 Å². The normalized spacial score (nSPS) is 14.5. The Morgan fingerprint density at radius 1 is 0.955 bits per heavy atom. The summed E-state index contributed by atoms with van der Waals surface area (Å²) in [5.41, 5.74) is 4.14. The second-order valence-electron chi connectivity index (χ2n) is 5.74. The maximum Gasteiger partial charge on any atom is 0.161 e. The molecule has 2 aromatic rings. The van der Waals surface area contributed by atoms with E-state index in [1.165, 1.54) is 16.7 Å². The average Bonchev–Trinajstić information content (AvgIpc) is 2.59. The Bertz CT molecular complexity index is 625. The summed E-state index contributed by atoms with van der Waals surface area (Å²) < 4.78 is 10.8. The van der Waals surface area contributed by atoms with Crippen LogP contribution in [0.4, 0.5) is 0 Å². The monoisotopic (exact) mass is 297 g/mol. The Morgan fingerprint density at radius 3 is 2.32 bits per heavy atom. The summed E-state index contributed by atoms with van der Waals surface area (Å²) in [6, 6.07) is 14.9. The molecule has 3 heteroatoms. The molecule has 3 nitrogen and oxygen atoms in total. The molecule has 1 aliphatic rings. The molecule has 2 aromatic carbocycles. The van der Waals surface area contributed by atoms with Gasteiger partial charge in [0.2, 0.25) is 0 Å². The van der Waals surface area contributed by atoms with Gasteiger partial charge in [0.15, 0.2) is 11.5 Å². The van der Waals surface area contributed by atoms with Gasteiger partial charge in [0, 0.05) is 19.6 Å². The van der Waals surface area contributed by atoms with Crippen LogP contribution in [0.2, 0.25) is 0 Å². The van der Waals surface area contributed by atoms with Crippen LogP contribution in [-0.2, 0) is 19.4 Å². The van der Waals surface area contributed by atoms with Crippen LogP contribution in [0.15, 0.2) is 42.5 Å². The molecule has 0 atom stereocenters. The van der Waals surface area contributed by atoms with Gasteiger partial charge in [-0.2, -0.15) is 0 Å². The standard InChI is InChI=1S/C19H23NO2/c1-21-18-12-16-9-11-20(14-17(16)13-19(18)22-2)10-8-15-6-4-3-5-7-15/h3-7,12-13H,8-11,14H2,1-2H3. The molecule has 22 heavy (non-hydrogen) atoms. The second kappa shape index (κ2) is 6.84. The fourth-order valence-corrected chi connectivity index (χ4v) is 3.06. The lowest BCUT2D eigenvalue weighted by atomic mass is 9.98. The van der Waals surface area contributed by atoms with E-state index >= 15 is 0 Å². The molecule has 0 amide bonds. The molecule has 1 heterocycles. The van der Waals surface area contributed by atoms with Gasteiger partial charge in [0.1, 0.15) is 0 Å². The summed E-state index contributed by atoms with van der Waals surface area (Å²) in [6.45, 7) is 3.19. The smallest absolute Gasteiger partial charge is 0.161 e. The minimum Gasteiger partial charge on any atom is -0.493 e. The molecule has 0 N–H and O–H groups in total. The first-order valence-electron chi connectivity index (χ1n) is 7.80. The molecule has 0 bridgehead atoms. The zero-order valence-corrected chi connectivity index (χ0v) is 13.3. The lowest BCUT2D eigenvalue weighted by Crippen LogP contribution is -2.32. The summed E-state index contributed by atoms with van der Waals surface area (Å²) in [7, 11) is 3.39. The van der Waals surface area contributed by atoms with Crippen LogP contribution in [0.25, 0.3) is 0 Å². The minimum absolute atomic E-state index is 0.825. The van der Waals surface area contributed by atoms with Crippen LogP contribution in [0.1, 0.15) is 16.7 Å². The Kier molecular flexibility index (Phi) is 4.64. The molecule has 0 radical (unpaired) electrons. The predicted octanol–water partition coefficient (Wildman–Crippen LogP) is 3.30. The summed E-state index contributed by atoms with van der Waals surface area (Å²) in [4.78, 5) is 2.52. The zero-order valence-electron chi connectivity index (χ0n) is 13.3. The molecule has 0 saturated carbocycles. The van der Waals surface area contributed by atoms with Gasteiger partial charge in [0.25, 0.3) is 0 Å². The van der Waals surface area contributed by atoms with E-state index in [2.05, 4.69) is 47.4 Å². The third-order valence-electron chi connectivity index (χ3n) is 4.36. The van der Waals surface area contributed by atoms with E-state index in [-0.39, 0.29) is 0 Å². The number of ether oxygens (including phenoxy) is 2. The molecule has 0 aliphatic carbocycles. The minimum atomic E-state index is 0.825. The Hall–Kier alpha value is -2.00. The topological polar surface area (TPSA) is 21.7 Å². The summed E-state index contributed by atoms with van der Waals surface area (Å²) in [5, 5.41) is 0. The molecule has 0 unspecified atom stereocenters. The molecule has 116 valence electrons. The Morgan fingerprint density at radius 2 is 1.64 bits per heavy atom. The van der Waals surface area contributed by atoms with Gasteiger partial charge in [-0.1, -0.05) is 30.3 Å². The van der Waals surface area contributed by atoms with Gasteiger partial charge in [0.05, 0.1) is 14.2 Å². The van der Waals surface area contributed by atoms with Crippen LogP contribution < -0.4 is 9.47 Å². The summed E-state index contributed by atoms with van der Waals surface area (Å²) in [6.07, 6.45) is 2.17. The molecule has 0 saturated heterocycles. The second-order valence-corrected chi connectivity index (χ2v) is 5.74. The molecular weight excluding hydrogens is 274 g/mol. The molecule has 3 rings (SSSR count). The van der Waals surface area contributed by atoms with E-state index in [1.807, 2.05) is 0 Å². The van der Waals surface area contributed by atoms with Gasteiger partial charge in [-0.25, -0.2) is 0 Å². The lowest BCUT2D eigenvalue weighted by Gasteiger charge is -2.29. The Balaban J connectivity index is 1.68. The van der Waals surface area contributed by atoms with Crippen LogP contribution in [-0.4, -0.2) is 32.2 Å². The van der Waals surface area contributed by atoms with Gasteiger partial charge < -0.3 is 9.47 Å². The molecule has 0 spiro atoms. The quantitative estimate of drug-likeness (QED) is 0.845. The van der Waals surface area contributed by atoms with E-state index in [9.17, 15) is 0 Å². The maximum atomic E-state index is 5.42. The van der Waals surface area contributed by atoms with E-state index in [4.69, 9.17) is 9.47 Å². The SMILES string of the molecule is COc1cc2c(cc1OC)CN(CCc1ccccc1)CC2. The molecule has 0 aromatic heterocycles. The van der Waals surface area contributed by atoms with Crippen molar-refractivity contribution in [2.45, 2.75) is 19.4 Å². The van der Waals surface area contributed by atoms with Gasteiger partial charge in [-0.05, 0) is 41.7 Å². The first-order valence-corrected chi connectivity index (χ1v) is 7.80. The highest BCUT2D eigenvalue weighted by Crippen LogP contribution is 2.33. The summed E-state index contributed by atoms with van der Waals surface area (Å²) in [5.74, 6) is 1.66. The number of rotatable bonds is 5. The number of benzene rings is 2.